The Bertz CT molecular complexity index is 258. The summed E-state index contributed by atoms with van der Waals surface area (Å²) in [5, 5.41) is 0.360. The summed E-state index contributed by atoms with van der Waals surface area (Å²) in [6.07, 6.45) is 1.86. The third-order valence-corrected chi connectivity index (χ3v) is 1.92. The molecule has 1 aromatic heterocycles. The van der Waals surface area contributed by atoms with E-state index in [0.29, 0.717) is 10.7 Å². The van der Waals surface area contributed by atoms with Crippen molar-refractivity contribution < 1.29 is 4.39 Å². The van der Waals surface area contributed by atoms with Gasteiger partial charge in [0.15, 0.2) is 0 Å². The quantitative estimate of drug-likeness (QED) is 0.802. The third kappa shape index (κ3) is 3.46. The van der Waals surface area contributed by atoms with E-state index in [2.05, 4.69) is 4.98 Å². The van der Waals surface area contributed by atoms with Crippen molar-refractivity contribution in [2.24, 2.45) is 5.73 Å². The zero-order chi connectivity index (χ0) is 8.97. The van der Waals surface area contributed by atoms with Crippen molar-refractivity contribution in [2.75, 3.05) is 6.67 Å². The summed E-state index contributed by atoms with van der Waals surface area (Å²) in [7, 11) is 0. The monoisotopic (exact) mass is 224 g/mol. The summed E-state index contributed by atoms with van der Waals surface area (Å²) in [5.41, 5.74) is 6.35. The van der Waals surface area contributed by atoms with Crippen LogP contribution in [0.15, 0.2) is 18.3 Å². The number of nitrogens with zero attached hydrogens (tertiary/aromatic N) is 1. The number of nitrogens with two attached hydrogens (primary N) is 1. The molecule has 1 heterocycles. The molecule has 1 rings (SSSR count). The highest BCUT2D eigenvalue weighted by Crippen LogP contribution is 2.20. The molecule has 0 unspecified atom stereocenters. The van der Waals surface area contributed by atoms with Crippen molar-refractivity contribution in [3.05, 3.63) is 29.0 Å². The molecular formula is C8H11Cl2FN2. The van der Waals surface area contributed by atoms with Crippen LogP contribution in [-0.2, 0) is 0 Å². The molecule has 0 amide bonds. The molecule has 0 aromatic carbocycles. The Hall–Kier alpha value is -0.380. The summed E-state index contributed by atoms with van der Waals surface area (Å²) in [6, 6.07) is 3.14. The van der Waals surface area contributed by atoms with Crippen LogP contribution < -0.4 is 5.73 Å². The van der Waals surface area contributed by atoms with E-state index in [1.54, 1.807) is 18.3 Å². The van der Waals surface area contributed by atoms with Gasteiger partial charge >= 0.3 is 0 Å². The first-order valence-corrected chi connectivity index (χ1v) is 4.05. The van der Waals surface area contributed by atoms with Crippen molar-refractivity contribution in [1.29, 1.82) is 0 Å². The van der Waals surface area contributed by atoms with Crippen LogP contribution in [0.1, 0.15) is 18.0 Å². The van der Waals surface area contributed by atoms with Gasteiger partial charge in [0.05, 0.1) is 6.67 Å². The van der Waals surface area contributed by atoms with E-state index in [-0.39, 0.29) is 24.9 Å². The maximum atomic E-state index is 11.9. The average Bonchev–Trinajstić information content (AvgIpc) is 2.05. The van der Waals surface area contributed by atoms with Crippen molar-refractivity contribution in [2.45, 2.75) is 12.5 Å². The van der Waals surface area contributed by atoms with Crippen LogP contribution in [0.2, 0.25) is 5.15 Å². The van der Waals surface area contributed by atoms with Crippen LogP contribution in [0, 0.1) is 0 Å². The smallest absolute Gasteiger partial charge is 0.133 e. The van der Waals surface area contributed by atoms with Crippen molar-refractivity contribution in [1.82, 2.24) is 4.98 Å². The number of aromatic nitrogens is 1. The highest BCUT2D eigenvalue weighted by Gasteiger charge is 2.09. The van der Waals surface area contributed by atoms with E-state index in [9.17, 15) is 4.39 Å². The van der Waals surface area contributed by atoms with Gasteiger partial charge in [-0.05, 0) is 12.5 Å². The summed E-state index contributed by atoms with van der Waals surface area (Å²) in [5.74, 6) is 0. The van der Waals surface area contributed by atoms with Crippen LogP contribution in [0.3, 0.4) is 0 Å². The maximum absolute atomic E-state index is 11.9. The third-order valence-electron chi connectivity index (χ3n) is 1.61. The number of hydrogen-bond acceptors (Lipinski definition) is 2. The van der Waals surface area contributed by atoms with E-state index < -0.39 is 6.67 Å². The van der Waals surface area contributed by atoms with Crippen LogP contribution in [0.4, 0.5) is 4.39 Å². The van der Waals surface area contributed by atoms with E-state index in [0.717, 1.165) is 0 Å². The standard InChI is InChI=1S/C8H10ClFN2.ClH/c9-8-6(2-1-5-12-8)7(11)3-4-10;/h1-2,5,7H,3-4,11H2;1H/t7-;/m1./s1. The number of hydrogen-bond donors (Lipinski definition) is 1. The highest BCUT2D eigenvalue weighted by atomic mass is 35.5. The largest absolute Gasteiger partial charge is 0.324 e. The molecule has 0 aliphatic heterocycles. The van der Waals surface area contributed by atoms with Gasteiger partial charge in [0.25, 0.3) is 0 Å². The molecule has 2 nitrogen and oxygen atoms in total. The topological polar surface area (TPSA) is 38.9 Å². The second kappa shape index (κ2) is 6.13. The molecule has 1 aromatic rings. The molecule has 2 N–H and O–H groups in total. The molecule has 0 fully saturated rings. The predicted octanol–water partition coefficient (Wildman–Crippen LogP) is 2.52. The van der Waals surface area contributed by atoms with E-state index in [4.69, 9.17) is 17.3 Å². The van der Waals surface area contributed by atoms with Gasteiger partial charge < -0.3 is 5.73 Å². The fourth-order valence-electron chi connectivity index (χ4n) is 0.948. The van der Waals surface area contributed by atoms with Crippen molar-refractivity contribution >= 4 is 24.0 Å². The molecule has 0 saturated carbocycles. The molecule has 74 valence electrons. The van der Waals surface area contributed by atoms with Crippen molar-refractivity contribution in [3.63, 3.8) is 0 Å². The minimum Gasteiger partial charge on any atom is -0.324 e. The number of alkyl halides is 1. The normalized spacial score (nSPS) is 11.9. The minimum atomic E-state index is -0.438. The first-order chi connectivity index (χ1) is 5.75. The van der Waals surface area contributed by atoms with Crippen LogP contribution in [0.25, 0.3) is 0 Å². The molecule has 0 bridgehead atoms. The predicted molar refractivity (Wildman–Crippen MR) is 54.0 cm³/mol. The molecule has 1 atom stereocenters. The fraction of sp³-hybridized carbons (Fsp3) is 0.375. The molecule has 0 saturated heterocycles. The van der Waals surface area contributed by atoms with Crippen LogP contribution in [-0.4, -0.2) is 11.7 Å². The molecular weight excluding hydrogens is 214 g/mol. The lowest BCUT2D eigenvalue weighted by molar-refractivity contribution is 0.441. The van der Waals surface area contributed by atoms with Gasteiger partial charge in [0, 0.05) is 17.8 Å². The first-order valence-electron chi connectivity index (χ1n) is 3.67. The SMILES string of the molecule is Cl.N[C@H](CCF)c1cccnc1Cl. The number of rotatable bonds is 3. The maximum Gasteiger partial charge on any atom is 0.133 e. The summed E-state index contributed by atoms with van der Waals surface area (Å²) >= 11 is 5.74. The van der Waals surface area contributed by atoms with Crippen LogP contribution >= 0.6 is 24.0 Å². The van der Waals surface area contributed by atoms with E-state index in [1.807, 2.05) is 0 Å². The Labute approximate surface area is 87.7 Å². The van der Waals surface area contributed by atoms with E-state index in [1.165, 1.54) is 0 Å². The first kappa shape index (κ1) is 12.6. The molecule has 0 radical (unpaired) electrons. The van der Waals surface area contributed by atoms with Gasteiger partial charge in [0.1, 0.15) is 5.15 Å². The molecule has 0 aliphatic carbocycles. The molecule has 5 heteroatoms. The van der Waals surface area contributed by atoms with Gasteiger partial charge in [-0.2, -0.15) is 0 Å². The Balaban J connectivity index is 0.00000144. The lowest BCUT2D eigenvalue weighted by Gasteiger charge is -2.09. The van der Waals surface area contributed by atoms with Gasteiger partial charge in [-0.25, -0.2) is 4.98 Å². The Kier molecular flexibility index (Phi) is 5.95. The van der Waals surface area contributed by atoms with Gasteiger partial charge in [0.2, 0.25) is 0 Å². The summed E-state index contributed by atoms with van der Waals surface area (Å²) < 4.78 is 11.9. The number of halogens is 3. The summed E-state index contributed by atoms with van der Waals surface area (Å²) in [6.45, 7) is -0.438. The zero-order valence-electron chi connectivity index (χ0n) is 6.91. The highest BCUT2D eigenvalue weighted by molar-refractivity contribution is 6.30. The zero-order valence-corrected chi connectivity index (χ0v) is 8.48. The fourth-order valence-corrected chi connectivity index (χ4v) is 1.21. The minimum absolute atomic E-state index is 0. The second-order valence-electron chi connectivity index (χ2n) is 2.47. The molecule has 13 heavy (non-hydrogen) atoms. The average molecular weight is 225 g/mol. The van der Waals surface area contributed by atoms with Gasteiger partial charge in [-0.15, -0.1) is 12.4 Å². The second-order valence-corrected chi connectivity index (χ2v) is 2.83. The van der Waals surface area contributed by atoms with Crippen molar-refractivity contribution in [3.8, 4) is 0 Å². The molecule has 0 aliphatic rings. The van der Waals surface area contributed by atoms with Crippen LogP contribution in [0.5, 0.6) is 0 Å². The lowest BCUT2D eigenvalue weighted by atomic mass is 10.1. The Morgan fingerprint density at radius 1 is 1.62 bits per heavy atom. The Morgan fingerprint density at radius 3 is 2.85 bits per heavy atom. The molecule has 0 spiro atoms. The number of pyridine rings is 1. The Morgan fingerprint density at radius 2 is 2.31 bits per heavy atom. The van der Waals surface area contributed by atoms with E-state index >= 15 is 0 Å². The van der Waals surface area contributed by atoms with Gasteiger partial charge in [-0.3, -0.25) is 4.39 Å². The lowest BCUT2D eigenvalue weighted by Crippen LogP contribution is -2.11. The summed E-state index contributed by atoms with van der Waals surface area (Å²) in [4.78, 5) is 3.85. The van der Waals surface area contributed by atoms with Gasteiger partial charge in [-0.1, -0.05) is 17.7 Å².